The molecule has 28 heavy (non-hydrogen) atoms. The van der Waals surface area contributed by atoms with Crippen LogP contribution in [0, 0.1) is 20.8 Å². The van der Waals surface area contributed by atoms with E-state index in [0.29, 0.717) is 23.0 Å². The molecule has 3 aromatic rings. The molecule has 0 saturated carbocycles. The van der Waals surface area contributed by atoms with Gasteiger partial charge in [0.2, 0.25) is 11.8 Å². The van der Waals surface area contributed by atoms with Gasteiger partial charge in [0.1, 0.15) is 11.5 Å². The van der Waals surface area contributed by atoms with Crippen molar-refractivity contribution in [1.29, 1.82) is 0 Å². The predicted octanol–water partition coefficient (Wildman–Crippen LogP) is 4.92. The van der Waals surface area contributed by atoms with E-state index in [0.717, 1.165) is 21.2 Å². The number of hydrogen-bond acceptors (Lipinski definition) is 4. The number of hydrogen-bond donors (Lipinski definition) is 1. The fraction of sp³-hybridized carbons (Fsp3) is 0.238. The molecule has 3 rings (SSSR count). The van der Waals surface area contributed by atoms with Gasteiger partial charge < -0.3 is 9.73 Å². The Morgan fingerprint density at radius 2 is 1.86 bits per heavy atom. The lowest BCUT2D eigenvalue weighted by atomic mass is 10.1. The molecule has 0 fully saturated rings. The maximum Gasteiger partial charge on any atom is 0.237 e. The smallest absolute Gasteiger partial charge is 0.237 e. The molecule has 0 bridgehead atoms. The van der Waals surface area contributed by atoms with Crippen LogP contribution >= 0.6 is 15.9 Å². The monoisotopic (exact) mass is 460 g/mol. The van der Waals surface area contributed by atoms with Gasteiger partial charge in [-0.05, 0) is 56.7 Å². The van der Waals surface area contributed by atoms with E-state index < -0.39 is 10.8 Å². The molecule has 5 nitrogen and oxygen atoms in total. The van der Waals surface area contributed by atoms with Crippen LogP contribution in [-0.4, -0.2) is 20.9 Å². The van der Waals surface area contributed by atoms with Gasteiger partial charge in [-0.15, -0.1) is 0 Å². The topological polar surface area (TPSA) is 72.2 Å². The van der Waals surface area contributed by atoms with Crippen LogP contribution in [0.2, 0.25) is 0 Å². The fourth-order valence-electron chi connectivity index (χ4n) is 2.65. The van der Waals surface area contributed by atoms with E-state index in [2.05, 4.69) is 26.2 Å². The summed E-state index contributed by atoms with van der Waals surface area (Å²) in [6.07, 6.45) is 0. The maximum atomic E-state index is 12.4. The van der Waals surface area contributed by atoms with E-state index in [1.165, 1.54) is 0 Å². The van der Waals surface area contributed by atoms with E-state index in [1.807, 2.05) is 50.2 Å². The normalized spacial score (nSPS) is 12.0. The summed E-state index contributed by atoms with van der Waals surface area (Å²) < 4.78 is 19.1. The first-order valence-corrected chi connectivity index (χ1v) is 11.0. The molecule has 0 unspecified atom stereocenters. The molecule has 1 heterocycles. The average Bonchev–Trinajstić information content (AvgIpc) is 2.99. The minimum Gasteiger partial charge on any atom is -0.441 e. The molecule has 1 atom stereocenters. The summed E-state index contributed by atoms with van der Waals surface area (Å²) in [5.74, 6) is 0.905. The van der Waals surface area contributed by atoms with Crippen LogP contribution < -0.4 is 5.32 Å². The molecule has 0 aliphatic carbocycles. The second-order valence-corrected chi connectivity index (χ2v) is 8.94. The number of aromatic nitrogens is 1. The van der Waals surface area contributed by atoms with Gasteiger partial charge >= 0.3 is 0 Å². The Bertz CT molecular complexity index is 1030. The van der Waals surface area contributed by atoms with Crippen LogP contribution in [0.4, 0.5) is 5.69 Å². The number of rotatable bonds is 6. The zero-order chi connectivity index (χ0) is 20.3. The van der Waals surface area contributed by atoms with Crippen LogP contribution in [0.5, 0.6) is 0 Å². The Hall–Kier alpha value is -2.25. The zero-order valence-corrected chi connectivity index (χ0v) is 18.3. The van der Waals surface area contributed by atoms with Gasteiger partial charge in [-0.1, -0.05) is 33.6 Å². The van der Waals surface area contributed by atoms with Gasteiger partial charge in [0.25, 0.3) is 0 Å². The van der Waals surface area contributed by atoms with Crippen molar-refractivity contribution < 1.29 is 13.4 Å². The Labute approximate surface area is 175 Å². The van der Waals surface area contributed by atoms with E-state index >= 15 is 0 Å². The molecule has 1 N–H and O–H groups in total. The molecule has 0 radical (unpaired) electrons. The van der Waals surface area contributed by atoms with Crippen molar-refractivity contribution in [1.82, 2.24) is 4.98 Å². The van der Waals surface area contributed by atoms with Crippen molar-refractivity contribution in [3.05, 3.63) is 69.5 Å². The van der Waals surface area contributed by atoms with Crippen LogP contribution in [0.1, 0.15) is 22.6 Å². The highest BCUT2D eigenvalue weighted by molar-refractivity contribution is 9.10. The van der Waals surface area contributed by atoms with E-state index in [1.54, 1.807) is 13.0 Å². The third kappa shape index (κ3) is 5.17. The Morgan fingerprint density at radius 3 is 2.54 bits per heavy atom. The van der Waals surface area contributed by atoms with Crippen molar-refractivity contribution >= 4 is 38.3 Å². The number of oxazole rings is 1. The van der Waals surface area contributed by atoms with Crippen molar-refractivity contribution in [3.63, 3.8) is 0 Å². The summed E-state index contributed by atoms with van der Waals surface area (Å²) in [7, 11) is -1.39. The minimum atomic E-state index is -1.39. The van der Waals surface area contributed by atoms with Gasteiger partial charge in [0, 0.05) is 26.5 Å². The number of benzene rings is 2. The maximum absolute atomic E-state index is 12.4. The lowest BCUT2D eigenvalue weighted by Crippen LogP contribution is -2.20. The van der Waals surface area contributed by atoms with Gasteiger partial charge in [0.15, 0.2) is 0 Å². The largest absolute Gasteiger partial charge is 0.441 e. The van der Waals surface area contributed by atoms with E-state index in [4.69, 9.17) is 4.42 Å². The molecular formula is C21H21BrN2O3S. The molecule has 0 aliphatic rings. The van der Waals surface area contributed by atoms with Crippen molar-refractivity contribution in [2.24, 2.45) is 0 Å². The first-order chi connectivity index (χ1) is 13.3. The molecule has 0 saturated heterocycles. The lowest BCUT2D eigenvalue weighted by molar-refractivity contribution is -0.113. The number of carbonyl (C=O) groups is 1. The summed E-state index contributed by atoms with van der Waals surface area (Å²) in [5, 5.41) is 2.78. The van der Waals surface area contributed by atoms with Gasteiger partial charge in [-0.25, -0.2) is 4.98 Å². The SMILES string of the molecule is Cc1ccc(-c2nc(C[S@@](=O)CC(=O)Nc3ccc(Br)c(C)c3)c(C)o2)cc1. The van der Waals surface area contributed by atoms with Crippen LogP contribution in [0.15, 0.2) is 51.4 Å². The predicted molar refractivity (Wildman–Crippen MR) is 116 cm³/mol. The number of halogens is 1. The Kier molecular flexibility index (Phi) is 6.46. The highest BCUT2D eigenvalue weighted by Crippen LogP contribution is 2.23. The molecule has 2 aromatic carbocycles. The molecule has 1 amide bonds. The summed E-state index contributed by atoms with van der Waals surface area (Å²) in [6.45, 7) is 5.75. The highest BCUT2D eigenvalue weighted by Gasteiger charge is 2.16. The van der Waals surface area contributed by atoms with Crippen LogP contribution in [0.3, 0.4) is 0 Å². The summed E-state index contributed by atoms with van der Waals surface area (Å²) in [5.41, 5.74) is 4.33. The van der Waals surface area contributed by atoms with Gasteiger partial charge in [0.05, 0.1) is 11.4 Å². The molecule has 0 spiro atoms. The highest BCUT2D eigenvalue weighted by atomic mass is 79.9. The number of aryl methyl sites for hydroxylation is 3. The number of amides is 1. The number of nitrogens with one attached hydrogen (secondary N) is 1. The zero-order valence-electron chi connectivity index (χ0n) is 15.9. The summed E-state index contributed by atoms with van der Waals surface area (Å²) in [4.78, 5) is 16.7. The molecule has 7 heteroatoms. The second-order valence-electron chi connectivity index (χ2n) is 6.63. The van der Waals surface area contributed by atoms with E-state index in [-0.39, 0.29) is 17.4 Å². The number of carbonyl (C=O) groups excluding carboxylic acids is 1. The van der Waals surface area contributed by atoms with Crippen LogP contribution in [-0.2, 0) is 21.3 Å². The summed E-state index contributed by atoms with van der Waals surface area (Å²) >= 11 is 3.42. The lowest BCUT2D eigenvalue weighted by Gasteiger charge is -2.07. The molecule has 1 aromatic heterocycles. The van der Waals surface area contributed by atoms with Crippen molar-refractivity contribution in [3.8, 4) is 11.5 Å². The van der Waals surface area contributed by atoms with Crippen LogP contribution in [0.25, 0.3) is 11.5 Å². The van der Waals surface area contributed by atoms with Gasteiger partial charge in [-0.3, -0.25) is 9.00 Å². The van der Waals surface area contributed by atoms with Crippen molar-refractivity contribution in [2.75, 3.05) is 11.1 Å². The first-order valence-electron chi connectivity index (χ1n) is 8.76. The molecule has 0 aliphatic heterocycles. The third-order valence-electron chi connectivity index (χ3n) is 4.22. The number of nitrogens with zero attached hydrogens (tertiary/aromatic N) is 1. The van der Waals surface area contributed by atoms with E-state index in [9.17, 15) is 9.00 Å². The number of anilines is 1. The second kappa shape index (κ2) is 8.84. The average molecular weight is 461 g/mol. The third-order valence-corrected chi connectivity index (χ3v) is 6.29. The van der Waals surface area contributed by atoms with Gasteiger partial charge in [-0.2, -0.15) is 0 Å². The quantitative estimate of drug-likeness (QED) is 0.566. The van der Waals surface area contributed by atoms with Crippen molar-refractivity contribution in [2.45, 2.75) is 26.5 Å². The molecule has 146 valence electrons. The molecular weight excluding hydrogens is 440 g/mol. The Balaban J connectivity index is 1.62. The minimum absolute atomic E-state index is 0.0960. The summed E-state index contributed by atoms with van der Waals surface area (Å²) in [6, 6.07) is 13.4. The first kappa shape index (κ1) is 20.5. The fourth-order valence-corrected chi connectivity index (χ4v) is 3.94. The standard InChI is InChI=1S/C21H21BrN2O3S/c1-13-4-6-16(7-5-13)21-24-19(15(3)27-21)11-28(26)12-20(25)23-17-8-9-18(22)14(2)10-17/h4-10H,11-12H2,1-3H3,(H,23,25)/t28-/m1/s1. The Morgan fingerprint density at radius 1 is 1.14 bits per heavy atom.